The van der Waals surface area contributed by atoms with Gasteiger partial charge >= 0.3 is 0 Å². The van der Waals surface area contributed by atoms with Gasteiger partial charge in [-0.2, -0.15) is 0 Å². The van der Waals surface area contributed by atoms with E-state index in [-0.39, 0.29) is 6.67 Å². The molecule has 0 N–H and O–H groups in total. The van der Waals surface area contributed by atoms with E-state index in [1.165, 1.54) is 12.5 Å². The van der Waals surface area contributed by atoms with Crippen LogP contribution in [0.1, 0.15) is 16.9 Å². The molecule has 0 radical (unpaired) electrons. The van der Waals surface area contributed by atoms with E-state index in [1.807, 2.05) is 0 Å². The number of carbonyl (C=O) groups excluding carboxylic acids is 1. The normalized spacial score (nSPS) is 9.91. The van der Waals surface area contributed by atoms with Crippen molar-refractivity contribution in [1.82, 2.24) is 9.55 Å². The van der Waals surface area contributed by atoms with Gasteiger partial charge in [0.05, 0.1) is 19.2 Å². The Morgan fingerprint density at radius 1 is 1.73 bits per heavy atom. The Labute approximate surface area is 63.9 Å². The summed E-state index contributed by atoms with van der Waals surface area (Å²) in [7, 11) is 0. The summed E-state index contributed by atoms with van der Waals surface area (Å²) in [6, 6.07) is 0. The van der Waals surface area contributed by atoms with Crippen molar-refractivity contribution < 1.29 is 9.18 Å². The van der Waals surface area contributed by atoms with Crippen LogP contribution in [0.3, 0.4) is 0 Å². The predicted octanol–water partition coefficient (Wildman–Crippen LogP) is 1.06. The third-order valence-corrected chi connectivity index (χ3v) is 1.40. The molecule has 0 aliphatic carbocycles. The number of rotatable bonds is 4. The zero-order valence-electron chi connectivity index (χ0n) is 6.03. The van der Waals surface area contributed by atoms with Crippen molar-refractivity contribution in [3.8, 4) is 0 Å². The average Bonchev–Trinajstić information content (AvgIpc) is 2.47. The van der Waals surface area contributed by atoms with Crippen LogP contribution in [-0.4, -0.2) is 22.5 Å². The maximum absolute atomic E-state index is 11.7. The fourth-order valence-electron chi connectivity index (χ4n) is 0.846. The Morgan fingerprint density at radius 3 is 3.18 bits per heavy atom. The van der Waals surface area contributed by atoms with Crippen molar-refractivity contribution in [2.75, 3.05) is 6.67 Å². The van der Waals surface area contributed by atoms with E-state index in [1.54, 1.807) is 4.57 Å². The quantitative estimate of drug-likeness (QED) is 0.611. The number of carbonyl (C=O) groups is 1. The minimum Gasteiger partial charge on any atom is -0.328 e. The number of alkyl halides is 1. The molecule has 1 aromatic heterocycles. The first kappa shape index (κ1) is 7.91. The smallest absolute Gasteiger partial charge is 0.168 e. The second-order valence-corrected chi connectivity index (χ2v) is 2.17. The first-order chi connectivity index (χ1) is 5.38. The Bertz CT molecular complexity index is 234. The maximum atomic E-state index is 11.7. The summed E-state index contributed by atoms with van der Waals surface area (Å²) < 4.78 is 13.3. The van der Waals surface area contributed by atoms with Crippen LogP contribution in [0.4, 0.5) is 4.39 Å². The van der Waals surface area contributed by atoms with Gasteiger partial charge in [0.15, 0.2) is 6.29 Å². The molecule has 1 aromatic rings. The SMILES string of the molecule is O=Cc1cncn1CCCF. The molecule has 1 heterocycles. The molecule has 0 amide bonds. The molecule has 0 unspecified atom stereocenters. The van der Waals surface area contributed by atoms with Gasteiger partial charge in [-0.15, -0.1) is 0 Å². The number of aldehydes is 1. The minimum atomic E-state index is -0.365. The van der Waals surface area contributed by atoms with Crippen LogP contribution in [0, 0.1) is 0 Å². The topological polar surface area (TPSA) is 34.9 Å². The Hall–Kier alpha value is -1.19. The average molecular weight is 156 g/mol. The van der Waals surface area contributed by atoms with Crippen molar-refractivity contribution in [2.45, 2.75) is 13.0 Å². The zero-order valence-corrected chi connectivity index (χ0v) is 6.03. The summed E-state index contributed by atoms with van der Waals surface area (Å²) in [4.78, 5) is 14.1. The Kier molecular flexibility index (Phi) is 2.77. The fraction of sp³-hybridized carbons (Fsp3) is 0.429. The first-order valence-electron chi connectivity index (χ1n) is 3.39. The van der Waals surface area contributed by atoms with Crippen LogP contribution < -0.4 is 0 Å². The van der Waals surface area contributed by atoms with Crippen LogP contribution in [0.2, 0.25) is 0 Å². The highest BCUT2D eigenvalue weighted by atomic mass is 19.1. The van der Waals surface area contributed by atoms with E-state index in [0.29, 0.717) is 24.9 Å². The third-order valence-electron chi connectivity index (χ3n) is 1.40. The van der Waals surface area contributed by atoms with Crippen molar-refractivity contribution >= 4 is 6.29 Å². The second-order valence-electron chi connectivity index (χ2n) is 2.17. The lowest BCUT2D eigenvalue weighted by molar-refractivity contribution is 0.111. The lowest BCUT2D eigenvalue weighted by Crippen LogP contribution is -2.01. The summed E-state index contributed by atoms with van der Waals surface area (Å²) in [6.45, 7) is 0.154. The molecule has 11 heavy (non-hydrogen) atoms. The van der Waals surface area contributed by atoms with Gasteiger partial charge in [-0.05, 0) is 6.42 Å². The molecule has 0 saturated heterocycles. The van der Waals surface area contributed by atoms with Gasteiger partial charge in [-0.25, -0.2) is 4.98 Å². The third kappa shape index (κ3) is 1.86. The van der Waals surface area contributed by atoms with Crippen molar-refractivity contribution in [3.63, 3.8) is 0 Å². The number of hydrogen-bond donors (Lipinski definition) is 0. The standard InChI is InChI=1S/C7H9FN2O/c8-2-1-3-10-6-9-4-7(10)5-11/h4-6H,1-3H2. The molecule has 0 atom stereocenters. The van der Waals surface area contributed by atoms with E-state index in [0.717, 1.165) is 0 Å². The molecular formula is C7H9FN2O. The van der Waals surface area contributed by atoms with Gasteiger partial charge in [0.2, 0.25) is 0 Å². The van der Waals surface area contributed by atoms with Gasteiger partial charge in [0, 0.05) is 6.54 Å². The summed E-state index contributed by atoms with van der Waals surface area (Å²) >= 11 is 0. The van der Waals surface area contributed by atoms with E-state index < -0.39 is 0 Å². The summed E-state index contributed by atoms with van der Waals surface area (Å²) in [6.07, 6.45) is 4.13. The van der Waals surface area contributed by atoms with Crippen LogP contribution >= 0.6 is 0 Å². The fourth-order valence-corrected chi connectivity index (χ4v) is 0.846. The van der Waals surface area contributed by atoms with Gasteiger partial charge < -0.3 is 4.57 Å². The number of aryl methyl sites for hydroxylation is 1. The molecule has 60 valence electrons. The molecule has 0 aliphatic heterocycles. The van der Waals surface area contributed by atoms with Crippen LogP contribution in [0.5, 0.6) is 0 Å². The van der Waals surface area contributed by atoms with Gasteiger partial charge in [0.25, 0.3) is 0 Å². The molecule has 1 rings (SSSR count). The monoisotopic (exact) mass is 156 g/mol. The van der Waals surface area contributed by atoms with Crippen molar-refractivity contribution in [2.24, 2.45) is 0 Å². The van der Waals surface area contributed by atoms with E-state index >= 15 is 0 Å². The van der Waals surface area contributed by atoms with Gasteiger partial charge in [0.1, 0.15) is 5.69 Å². The lowest BCUT2D eigenvalue weighted by Gasteiger charge is -1.99. The molecule has 0 aliphatic rings. The molecular weight excluding hydrogens is 147 g/mol. The molecule has 0 fully saturated rings. The number of hydrogen-bond acceptors (Lipinski definition) is 2. The first-order valence-corrected chi connectivity index (χ1v) is 3.39. The zero-order chi connectivity index (χ0) is 8.10. The van der Waals surface area contributed by atoms with E-state index in [4.69, 9.17) is 0 Å². The summed E-state index contributed by atoms with van der Waals surface area (Å²) in [5.74, 6) is 0. The van der Waals surface area contributed by atoms with Crippen LogP contribution in [0.15, 0.2) is 12.5 Å². The molecule has 4 heteroatoms. The highest BCUT2D eigenvalue weighted by Crippen LogP contribution is 1.97. The molecule has 0 bridgehead atoms. The lowest BCUT2D eigenvalue weighted by atomic mass is 10.4. The predicted molar refractivity (Wildman–Crippen MR) is 38.2 cm³/mol. The van der Waals surface area contributed by atoms with Gasteiger partial charge in [-0.1, -0.05) is 0 Å². The molecule has 3 nitrogen and oxygen atoms in total. The minimum absolute atomic E-state index is 0.365. The molecule has 0 aromatic carbocycles. The van der Waals surface area contributed by atoms with E-state index in [2.05, 4.69) is 4.98 Å². The Balaban J connectivity index is 2.61. The highest BCUT2D eigenvalue weighted by Gasteiger charge is 1.98. The van der Waals surface area contributed by atoms with Crippen LogP contribution in [-0.2, 0) is 6.54 Å². The highest BCUT2D eigenvalue weighted by molar-refractivity contribution is 5.71. The van der Waals surface area contributed by atoms with Crippen LogP contribution in [0.25, 0.3) is 0 Å². The van der Waals surface area contributed by atoms with Crippen molar-refractivity contribution in [3.05, 3.63) is 18.2 Å². The van der Waals surface area contributed by atoms with Gasteiger partial charge in [-0.3, -0.25) is 9.18 Å². The van der Waals surface area contributed by atoms with Crippen molar-refractivity contribution in [1.29, 1.82) is 0 Å². The number of halogens is 1. The Morgan fingerprint density at radius 2 is 2.55 bits per heavy atom. The molecule has 0 spiro atoms. The number of aromatic nitrogens is 2. The molecule has 0 saturated carbocycles. The van der Waals surface area contributed by atoms with E-state index in [9.17, 15) is 9.18 Å². The second kappa shape index (κ2) is 3.85. The maximum Gasteiger partial charge on any atom is 0.168 e. The largest absolute Gasteiger partial charge is 0.328 e. The summed E-state index contributed by atoms with van der Waals surface area (Å²) in [5.41, 5.74) is 0.499. The number of imidazole rings is 1. The number of nitrogens with zero attached hydrogens (tertiary/aromatic N) is 2. The summed E-state index contributed by atoms with van der Waals surface area (Å²) in [5, 5.41) is 0.